The topological polar surface area (TPSA) is 80.9 Å². The lowest BCUT2D eigenvalue weighted by molar-refractivity contribution is -0.115. The van der Waals surface area contributed by atoms with Crippen molar-refractivity contribution in [1.82, 2.24) is 15.2 Å². The van der Waals surface area contributed by atoms with E-state index in [0.29, 0.717) is 16.7 Å². The smallest absolute Gasteiger partial charge is 0.232 e. The number of nitrogens with zero attached hydrogens (tertiary/aromatic N) is 3. The Labute approximate surface area is 131 Å². The first-order valence-corrected chi connectivity index (χ1v) is 7.68. The molecule has 22 heavy (non-hydrogen) atoms. The number of carbonyl (C=O) groups is 1. The van der Waals surface area contributed by atoms with Crippen LogP contribution in [-0.4, -0.2) is 21.1 Å². The minimum absolute atomic E-state index is 0.136. The minimum Gasteiger partial charge on any atom is -0.444 e. The molecular weight excluding hydrogens is 300 g/mol. The Morgan fingerprint density at radius 3 is 2.82 bits per heavy atom. The second-order valence-corrected chi connectivity index (χ2v) is 5.65. The van der Waals surface area contributed by atoms with Gasteiger partial charge < -0.3 is 9.73 Å². The highest BCUT2D eigenvalue weighted by Crippen LogP contribution is 2.19. The fourth-order valence-electron chi connectivity index (χ4n) is 1.88. The van der Waals surface area contributed by atoms with Crippen LogP contribution in [0.3, 0.4) is 0 Å². The standard InChI is InChI=1S/C15H14N4O2S/c1-2-13-18-19-15(22-13)17-12(20)8-11-9-21-14(16-11)10-6-4-3-5-7-10/h3-7,9H,2,8H2,1H3,(H,17,19,20). The molecule has 0 saturated carbocycles. The zero-order chi connectivity index (χ0) is 15.4. The number of nitrogens with one attached hydrogen (secondary N) is 1. The zero-order valence-electron chi connectivity index (χ0n) is 11.9. The highest BCUT2D eigenvalue weighted by atomic mass is 32.1. The van der Waals surface area contributed by atoms with E-state index in [2.05, 4.69) is 20.5 Å². The van der Waals surface area contributed by atoms with Crippen LogP contribution in [0, 0.1) is 0 Å². The van der Waals surface area contributed by atoms with Crippen LogP contribution in [0.15, 0.2) is 41.0 Å². The molecule has 1 N–H and O–H groups in total. The number of amides is 1. The largest absolute Gasteiger partial charge is 0.444 e. The lowest BCUT2D eigenvalue weighted by Gasteiger charge is -1.97. The molecule has 6 nitrogen and oxygen atoms in total. The number of anilines is 1. The molecule has 1 amide bonds. The van der Waals surface area contributed by atoms with Gasteiger partial charge in [0.1, 0.15) is 11.3 Å². The molecule has 0 aliphatic rings. The SMILES string of the molecule is CCc1nnc(NC(=O)Cc2coc(-c3ccccc3)n2)s1. The molecule has 2 heterocycles. The summed E-state index contributed by atoms with van der Waals surface area (Å²) in [4.78, 5) is 16.3. The van der Waals surface area contributed by atoms with Gasteiger partial charge in [0.05, 0.1) is 12.1 Å². The van der Waals surface area contributed by atoms with Crippen LogP contribution in [0.4, 0.5) is 5.13 Å². The molecule has 1 aromatic carbocycles. The van der Waals surface area contributed by atoms with E-state index in [1.807, 2.05) is 37.3 Å². The van der Waals surface area contributed by atoms with E-state index in [9.17, 15) is 4.79 Å². The van der Waals surface area contributed by atoms with Gasteiger partial charge >= 0.3 is 0 Å². The predicted octanol–water partition coefficient (Wildman–Crippen LogP) is 2.94. The summed E-state index contributed by atoms with van der Waals surface area (Å²) in [6.07, 6.45) is 2.44. The maximum Gasteiger partial charge on any atom is 0.232 e. The van der Waals surface area contributed by atoms with Gasteiger partial charge in [0, 0.05) is 5.56 Å². The number of hydrogen-bond acceptors (Lipinski definition) is 6. The molecule has 0 aliphatic heterocycles. The number of benzene rings is 1. The molecule has 0 radical (unpaired) electrons. The van der Waals surface area contributed by atoms with E-state index in [4.69, 9.17) is 4.42 Å². The average molecular weight is 314 g/mol. The van der Waals surface area contributed by atoms with Gasteiger partial charge in [0.2, 0.25) is 16.9 Å². The van der Waals surface area contributed by atoms with Crippen molar-refractivity contribution in [3.63, 3.8) is 0 Å². The van der Waals surface area contributed by atoms with Gasteiger partial charge in [-0.2, -0.15) is 0 Å². The van der Waals surface area contributed by atoms with Gasteiger partial charge in [-0.15, -0.1) is 10.2 Å². The molecule has 0 fully saturated rings. The average Bonchev–Trinajstić information content (AvgIpc) is 3.17. The lowest BCUT2D eigenvalue weighted by Crippen LogP contribution is -2.14. The van der Waals surface area contributed by atoms with E-state index in [1.165, 1.54) is 17.6 Å². The molecule has 7 heteroatoms. The fraction of sp³-hybridized carbons (Fsp3) is 0.200. The van der Waals surface area contributed by atoms with Gasteiger partial charge in [-0.3, -0.25) is 4.79 Å². The van der Waals surface area contributed by atoms with E-state index >= 15 is 0 Å². The van der Waals surface area contributed by atoms with Gasteiger partial charge in [-0.1, -0.05) is 36.5 Å². The molecule has 0 aliphatic carbocycles. The number of oxazole rings is 1. The fourth-order valence-corrected chi connectivity index (χ4v) is 2.57. The second-order valence-electron chi connectivity index (χ2n) is 4.59. The van der Waals surface area contributed by atoms with E-state index in [1.54, 1.807) is 0 Å². The summed E-state index contributed by atoms with van der Waals surface area (Å²) in [6, 6.07) is 9.55. The first-order chi connectivity index (χ1) is 10.7. The second kappa shape index (κ2) is 6.48. The Balaban J connectivity index is 1.63. The van der Waals surface area contributed by atoms with Gasteiger partial charge in [0.25, 0.3) is 0 Å². The summed E-state index contributed by atoms with van der Waals surface area (Å²) in [5.74, 6) is 0.319. The third kappa shape index (κ3) is 3.37. The molecular formula is C15H14N4O2S. The maximum absolute atomic E-state index is 12.0. The number of aromatic nitrogens is 3. The molecule has 2 aromatic heterocycles. The number of hydrogen-bond donors (Lipinski definition) is 1. The number of aryl methyl sites for hydroxylation is 1. The van der Waals surface area contributed by atoms with Crippen molar-refractivity contribution < 1.29 is 9.21 Å². The summed E-state index contributed by atoms with van der Waals surface area (Å²) in [6.45, 7) is 1.99. The Kier molecular flexibility index (Phi) is 4.24. The van der Waals surface area contributed by atoms with Crippen LogP contribution in [0.5, 0.6) is 0 Å². The zero-order valence-corrected chi connectivity index (χ0v) is 12.8. The van der Waals surface area contributed by atoms with E-state index in [0.717, 1.165) is 17.0 Å². The molecule has 112 valence electrons. The molecule has 3 aromatic rings. The third-order valence-electron chi connectivity index (χ3n) is 2.93. The van der Waals surface area contributed by atoms with Crippen molar-refractivity contribution in [3.05, 3.63) is 47.3 Å². The van der Waals surface area contributed by atoms with Crippen LogP contribution in [0.25, 0.3) is 11.5 Å². The summed E-state index contributed by atoms with van der Waals surface area (Å²) >= 11 is 1.38. The number of carbonyl (C=O) groups excluding carboxylic acids is 1. The van der Waals surface area contributed by atoms with Crippen LogP contribution < -0.4 is 5.32 Å². The Bertz CT molecular complexity index is 767. The van der Waals surface area contributed by atoms with Crippen LogP contribution in [0.1, 0.15) is 17.6 Å². The summed E-state index contributed by atoms with van der Waals surface area (Å²) in [7, 11) is 0. The first-order valence-electron chi connectivity index (χ1n) is 6.86. The Hall–Kier alpha value is -2.54. The first kappa shape index (κ1) is 14.4. The molecule has 0 atom stereocenters. The van der Waals surface area contributed by atoms with Gasteiger partial charge in [-0.25, -0.2) is 4.98 Å². The van der Waals surface area contributed by atoms with Crippen molar-refractivity contribution in [2.24, 2.45) is 0 Å². The molecule has 0 spiro atoms. The van der Waals surface area contributed by atoms with Crippen LogP contribution >= 0.6 is 11.3 Å². The minimum atomic E-state index is -0.188. The highest BCUT2D eigenvalue weighted by Gasteiger charge is 2.12. The van der Waals surface area contributed by atoms with Crippen molar-refractivity contribution >= 4 is 22.4 Å². The van der Waals surface area contributed by atoms with Crippen molar-refractivity contribution in [1.29, 1.82) is 0 Å². The highest BCUT2D eigenvalue weighted by molar-refractivity contribution is 7.15. The lowest BCUT2D eigenvalue weighted by atomic mass is 10.2. The predicted molar refractivity (Wildman–Crippen MR) is 83.6 cm³/mol. The van der Waals surface area contributed by atoms with Gasteiger partial charge in [0.15, 0.2) is 0 Å². The number of rotatable bonds is 5. The molecule has 0 bridgehead atoms. The van der Waals surface area contributed by atoms with Crippen LogP contribution in [-0.2, 0) is 17.6 Å². The maximum atomic E-state index is 12.0. The Morgan fingerprint density at radius 2 is 2.09 bits per heavy atom. The van der Waals surface area contributed by atoms with Gasteiger partial charge in [-0.05, 0) is 18.6 Å². The normalized spacial score (nSPS) is 10.6. The van der Waals surface area contributed by atoms with Crippen molar-refractivity contribution in [2.75, 3.05) is 5.32 Å². The van der Waals surface area contributed by atoms with Crippen molar-refractivity contribution in [3.8, 4) is 11.5 Å². The molecule has 0 unspecified atom stereocenters. The monoisotopic (exact) mass is 314 g/mol. The molecule has 0 saturated heterocycles. The summed E-state index contributed by atoms with van der Waals surface area (Å²) < 4.78 is 5.41. The Morgan fingerprint density at radius 1 is 1.27 bits per heavy atom. The third-order valence-corrected chi connectivity index (χ3v) is 3.91. The van der Waals surface area contributed by atoms with Crippen molar-refractivity contribution in [2.45, 2.75) is 19.8 Å². The van der Waals surface area contributed by atoms with E-state index in [-0.39, 0.29) is 12.3 Å². The molecule has 3 rings (SSSR count). The van der Waals surface area contributed by atoms with Crippen LogP contribution in [0.2, 0.25) is 0 Å². The summed E-state index contributed by atoms with van der Waals surface area (Å²) in [5, 5.41) is 12.0. The summed E-state index contributed by atoms with van der Waals surface area (Å²) in [5.41, 5.74) is 1.46. The van der Waals surface area contributed by atoms with E-state index < -0.39 is 0 Å². The quantitative estimate of drug-likeness (QED) is 0.783.